The smallest absolute Gasteiger partial charge is 0.275 e. The van der Waals surface area contributed by atoms with Gasteiger partial charge in [-0.15, -0.1) is 0 Å². The van der Waals surface area contributed by atoms with E-state index in [0.717, 1.165) is 24.2 Å². The van der Waals surface area contributed by atoms with Crippen molar-refractivity contribution < 1.29 is 9.21 Å². The van der Waals surface area contributed by atoms with E-state index in [9.17, 15) is 9.59 Å². The van der Waals surface area contributed by atoms with Crippen molar-refractivity contribution in [2.75, 3.05) is 0 Å². The number of nitrogens with zero attached hydrogens (tertiary/aromatic N) is 3. The van der Waals surface area contributed by atoms with Gasteiger partial charge in [0, 0.05) is 11.4 Å². The van der Waals surface area contributed by atoms with Crippen molar-refractivity contribution in [1.82, 2.24) is 14.7 Å². The molecule has 1 aliphatic carbocycles. The van der Waals surface area contributed by atoms with E-state index >= 15 is 0 Å². The molecule has 1 saturated carbocycles. The van der Waals surface area contributed by atoms with E-state index in [4.69, 9.17) is 4.42 Å². The van der Waals surface area contributed by atoms with Gasteiger partial charge in [0.05, 0.1) is 24.7 Å². The fourth-order valence-corrected chi connectivity index (χ4v) is 3.72. The van der Waals surface area contributed by atoms with E-state index in [1.807, 2.05) is 59.5 Å². The Morgan fingerprint density at radius 3 is 2.43 bits per heavy atom. The summed E-state index contributed by atoms with van der Waals surface area (Å²) in [5.74, 6) is 0.559. The molecule has 0 N–H and O–H groups in total. The lowest BCUT2D eigenvalue weighted by atomic mass is 10.1. The van der Waals surface area contributed by atoms with Crippen LogP contribution in [0.4, 0.5) is 0 Å². The van der Waals surface area contributed by atoms with Crippen LogP contribution in [0.3, 0.4) is 0 Å². The number of hydrogen-bond donors (Lipinski definition) is 0. The first kappa shape index (κ1) is 18.4. The topological polar surface area (TPSA) is 68.3 Å². The maximum Gasteiger partial charge on any atom is 0.275 e. The van der Waals surface area contributed by atoms with Crippen molar-refractivity contribution in [3.05, 3.63) is 100 Å². The van der Waals surface area contributed by atoms with Crippen LogP contribution in [-0.4, -0.2) is 26.6 Å². The summed E-state index contributed by atoms with van der Waals surface area (Å²) in [5.41, 5.74) is 1.06. The van der Waals surface area contributed by atoms with Crippen molar-refractivity contribution in [3.63, 3.8) is 0 Å². The molecule has 2 aromatic carbocycles. The lowest BCUT2D eigenvalue weighted by Crippen LogP contribution is -2.35. The monoisotopic (exact) mass is 399 g/mol. The van der Waals surface area contributed by atoms with Crippen molar-refractivity contribution in [3.8, 4) is 0 Å². The van der Waals surface area contributed by atoms with Crippen LogP contribution in [0.15, 0.2) is 82.2 Å². The number of amides is 1. The average Bonchev–Trinajstić information content (AvgIpc) is 3.49. The first-order valence-corrected chi connectivity index (χ1v) is 10.1. The molecular weight excluding hydrogens is 378 g/mol. The maximum atomic E-state index is 13.6. The highest BCUT2D eigenvalue weighted by atomic mass is 16.3. The summed E-state index contributed by atoms with van der Waals surface area (Å²) in [6.45, 7) is 0.705. The Morgan fingerprint density at radius 2 is 1.73 bits per heavy atom. The highest BCUT2D eigenvalue weighted by molar-refractivity contribution is 6.05. The number of benzene rings is 2. The Balaban J connectivity index is 1.59. The molecule has 4 aromatic rings. The molecule has 0 unspecified atom stereocenters. The van der Waals surface area contributed by atoms with Crippen molar-refractivity contribution in [2.45, 2.75) is 32.0 Å². The van der Waals surface area contributed by atoms with Crippen molar-refractivity contribution >= 4 is 16.7 Å². The SMILES string of the molecule is O=C(c1nn(Cc2ccccc2)c(=O)c2ccccc12)N(Cc1ccco1)C1CC1. The zero-order valence-corrected chi connectivity index (χ0v) is 16.4. The average molecular weight is 399 g/mol. The minimum atomic E-state index is -0.199. The predicted octanol–water partition coefficient (Wildman–Crippen LogP) is 3.84. The third-order valence-electron chi connectivity index (χ3n) is 5.40. The van der Waals surface area contributed by atoms with E-state index in [2.05, 4.69) is 5.10 Å². The van der Waals surface area contributed by atoms with Gasteiger partial charge in [-0.1, -0.05) is 48.5 Å². The van der Waals surface area contributed by atoms with E-state index in [-0.39, 0.29) is 17.5 Å². The molecule has 150 valence electrons. The summed E-state index contributed by atoms with van der Waals surface area (Å²) in [7, 11) is 0. The summed E-state index contributed by atoms with van der Waals surface area (Å²) in [6.07, 6.45) is 3.54. The van der Waals surface area contributed by atoms with E-state index < -0.39 is 0 Å². The highest BCUT2D eigenvalue weighted by Crippen LogP contribution is 2.30. The van der Waals surface area contributed by atoms with Crippen molar-refractivity contribution in [1.29, 1.82) is 0 Å². The molecule has 0 aliphatic heterocycles. The summed E-state index contributed by atoms with van der Waals surface area (Å²) < 4.78 is 6.86. The molecule has 2 aromatic heterocycles. The molecule has 6 heteroatoms. The molecule has 6 nitrogen and oxygen atoms in total. The van der Waals surface area contributed by atoms with Crippen LogP contribution in [0.25, 0.3) is 10.8 Å². The molecule has 2 heterocycles. The fourth-order valence-electron chi connectivity index (χ4n) is 3.72. The second-order valence-corrected chi connectivity index (χ2v) is 7.59. The van der Waals surface area contributed by atoms with E-state index in [1.165, 1.54) is 4.68 Å². The Morgan fingerprint density at radius 1 is 1.00 bits per heavy atom. The Labute approximate surface area is 173 Å². The predicted molar refractivity (Wildman–Crippen MR) is 113 cm³/mol. The summed E-state index contributed by atoms with van der Waals surface area (Å²) in [6, 6.07) is 20.7. The number of carbonyl (C=O) groups excluding carboxylic acids is 1. The minimum absolute atomic E-state index is 0.174. The van der Waals surface area contributed by atoms with Gasteiger partial charge in [0.15, 0.2) is 5.69 Å². The number of hydrogen-bond acceptors (Lipinski definition) is 4. The van der Waals surface area contributed by atoms with Crippen LogP contribution in [0.1, 0.15) is 34.7 Å². The molecular formula is C24H21N3O3. The van der Waals surface area contributed by atoms with E-state index in [1.54, 1.807) is 18.4 Å². The molecule has 0 spiro atoms. The lowest BCUT2D eigenvalue weighted by Gasteiger charge is -2.22. The van der Waals surface area contributed by atoms with Gasteiger partial charge < -0.3 is 9.32 Å². The van der Waals surface area contributed by atoms with Crippen LogP contribution >= 0.6 is 0 Å². The number of fused-ring (bicyclic) bond motifs is 1. The third kappa shape index (κ3) is 3.52. The lowest BCUT2D eigenvalue weighted by molar-refractivity contribution is 0.0711. The van der Waals surface area contributed by atoms with Crippen LogP contribution in [0, 0.1) is 0 Å². The zero-order valence-electron chi connectivity index (χ0n) is 16.4. The van der Waals surface area contributed by atoms with Gasteiger partial charge in [-0.05, 0) is 36.6 Å². The third-order valence-corrected chi connectivity index (χ3v) is 5.40. The minimum Gasteiger partial charge on any atom is -0.467 e. The normalized spacial score (nSPS) is 13.5. The van der Waals surface area contributed by atoms with Crippen LogP contribution in [-0.2, 0) is 13.1 Å². The maximum absolute atomic E-state index is 13.6. The van der Waals surface area contributed by atoms with Gasteiger partial charge in [0.25, 0.3) is 11.5 Å². The molecule has 1 aliphatic rings. The molecule has 0 saturated heterocycles. The Hall–Kier alpha value is -3.67. The summed E-state index contributed by atoms with van der Waals surface area (Å²) in [4.78, 5) is 28.4. The number of furan rings is 1. The standard InChI is InChI=1S/C24H21N3O3/c28-23-21-11-5-4-10-20(21)22(25-27(23)15-17-7-2-1-3-8-17)24(29)26(18-12-13-18)16-19-9-6-14-30-19/h1-11,14,18H,12-13,15-16H2. The van der Waals surface area contributed by atoms with Crippen LogP contribution in [0.2, 0.25) is 0 Å². The number of aromatic nitrogens is 2. The largest absolute Gasteiger partial charge is 0.467 e. The molecule has 1 fully saturated rings. The fraction of sp³-hybridized carbons (Fsp3) is 0.208. The van der Waals surface area contributed by atoms with Crippen LogP contribution < -0.4 is 5.56 Å². The van der Waals surface area contributed by atoms with Gasteiger partial charge in [0.1, 0.15) is 5.76 Å². The molecule has 0 bridgehead atoms. The van der Waals surface area contributed by atoms with Gasteiger partial charge in [-0.2, -0.15) is 5.10 Å². The second-order valence-electron chi connectivity index (χ2n) is 7.59. The van der Waals surface area contributed by atoms with Gasteiger partial charge in [-0.25, -0.2) is 4.68 Å². The Bertz CT molecular complexity index is 1240. The highest BCUT2D eigenvalue weighted by Gasteiger charge is 2.35. The molecule has 1 amide bonds. The van der Waals surface area contributed by atoms with Crippen LogP contribution in [0.5, 0.6) is 0 Å². The first-order chi connectivity index (χ1) is 14.7. The molecule has 30 heavy (non-hydrogen) atoms. The summed E-state index contributed by atoms with van der Waals surface area (Å²) in [5, 5.41) is 5.62. The zero-order chi connectivity index (χ0) is 20.5. The van der Waals surface area contributed by atoms with Gasteiger partial charge >= 0.3 is 0 Å². The van der Waals surface area contributed by atoms with Gasteiger partial charge in [-0.3, -0.25) is 9.59 Å². The molecule has 0 radical (unpaired) electrons. The Kier molecular flexibility index (Phi) is 4.67. The second kappa shape index (κ2) is 7.63. The van der Waals surface area contributed by atoms with Crippen molar-refractivity contribution in [2.24, 2.45) is 0 Å². The van der Waals surface area contributed by atoms with Gasteiger partial charge in [0.2, 0.25) is 0 Å². The molecule has 5 rings (SSSR count). The molecule has 0 atom stereocenters. The summed E-state index contributed by atoms with van der Waals surface area (Å²) >= 11 is 0. The van der Waals surface area contributed by atoms with E-state index in [0.29, 0.717) is 29.6 Å². The number of carbonyl (C=O) groups is 1. The quantitative estimate of drug-likeness (QED) is 0.494. The number of rotatable bonds is 6. The first-order valence-electron chi connectivity index (χ1n) is 10.1.